The Balaban J connectivity index is 1.91. The third kappa shape index (κ3) is 4.75. The number of nitrogens with one attached hydrogen (secondary N) is 1. The van der Waals surface area contributed by atoms with Gasteiger partial charge in [0, 0.05) is 11.8 Å². The van der Waals surface area contributed by atoms with Crippen LogP contribution in [0.3, 0.4) is 0 Å². The first-order valence-corrected chi connectivity index (χ1v) is 9.32. The first kappa shape index (κ1) is 17.4. The monoisotopic (exact) mass is 320 g/mol. The fourth-order valence-corrected chi connectivity index (χ4v) is 4.27. The highest BCUT2D eigenvalue weighted by atomic mass is 32.2. The van der Waals surface area contributed by atoms with Gasteiger partial charge in [0.15, 0.2) is 0 Å². The summed E-state index contributed by atoms with van der Waals surface area (Å²) in [7, 11) is 0. The van der Waals surface area contributed by atoms with Crippen LogP contribution in [-0.4, -0.2) is 23.7 Å². The Labute approximate surface area is 138 Å². The van der Waals surface area contributed by atoms with Crippen molar-refractivity contribution in [2.45, 2.75) is 50.2 Å². The molecule has 0 radical (unpaired) electrons. The number of benzene rings is 1. The van der Waals surface area contributed by atoms with E-state index in [1.54, 1.807) is 11.8 Å². The Bertz CT molecular complexity index is 463. The van der Waals surface area contributed by atoms with Crippen molar-refractivity contribution < 1.29 is 4.79 Å². The average molecular weight is 321 g/mol. The van der Waals surface area contributed by atoms with Crippen LogP contribution in [0.4, 0.5) is 0 Å². The zero-order valence-corrected chi connectivity index (χ0v) is 14.4. The van der Waals surface area contributed by atoms with Gasteiger partial charge in [-0.15, -0.1) is 11.8 Å². The van der Waals surface area contributed by atoms with E-state index in [9.17, 15) is 4.79 Å². The molecule has 3 atom stereocenters. The second kappa shape index (κ2) is 8.59. The molecule has 1 fully saturated rings. The van der Waals surface area contributed by atoms with E-state index in [0.29, 0.717) is 18.4 Å². The highest BCUT2D eigenvalue weighted by Gasteiger charge is 2.30. The number of amides is 1. The van der Waals surface area contributed by atoms with Crippen molar-refractivity contribution in [1.29, 1.82) is 0 Å². The van der Waals surface area contributed by atoms with E-state index in [0.717, 1.165) is 18.6 Å². The summed E-state index contributed by atoms with van der Waals surface area (Å²) < 4.78 is 0. The topological polar surface area (TPSA) is 55.1 Å². The predicted molar refractivity (Wildman–Crippen MR) is 94.7 cm³/mol. The molecule has 3 nitrogen and oxygen atoms in total. The van der Waals surface area contributed by atoms with E-state index in [-0.39, 0.29) is 17.2 Å². The third-order valence-corrected chi connectivity index (χ3v) is 6.04. The highest BCUT2D eigenvalue weighted by molar-refractivity contribution is 7.99. The van der Waals surface area contributed by atoms with Crippen LogP contribution in [-0.2, 0) is 10.5 Å². The number of carbonyl (C=O) groups is 1. The van der Waals surface area contributed by atoms with E-state index in [2.05, 4.69) is 31.3 Å². The molecule has 1 saturated carbocycles. The van der Waals surface area contributed by atoms with Gasteiger partial charge >= 0.3 is 0 Å². The summed E-state index contributed by atoms with van der Waals surface area (Å²) in [6.45, 7) is 4.92. The summed E-state index contributed by atoms with van der Waals surface area (Å²) in [5, 5.41) is 3.26. The Morgan fingerprint density at radius 1 is 1.32 bits per heavy atom. The molecule has 122 valence electrons. The van der Waals surface area contributed by atoms with Gasteiger partial charge in [0.25, 0.3) is 0 Å². The number of hydrogen-bond acceptors (Lipinski definition) is 3. The minimum atomic E-state index is -0.000712. The standard InChI is InChI=1S/C18H28N2OS/c1-13(2)17(22-12-14-7-4-3-5-8-14)18(21)20-16-10-6-9-15(16)11-19/h3-5,7-8,13,15-17H,6,9-12,19H2,1-2H3,(H,20,21). The predicted octanol–water partition coefficient (Wildman–Crippen LogP) is 3.19. The number of carbonyl (C=O) groups excluding carboxylic acids is 1. The lowest BCUT2D eigenvalue weighted by molar-refractivity contribution is -0.122. The molecule has 0 bridgehead atoms. The number of rotatable bonds is 7. The Morgan fingerprint density at radius 3 is 2.68 bits per heavy atom. The van der Waals surface area contributed by atoms with Crippen molar-refractivity contribution in [3.8, 4) is 0 Å². The molecule has 0 spiro atoms. The molecule has 1 aromatic carbocycles. The Morgan fingerprint density at radius 2 is 2.05 bits per heavy atom. The lowest BCUT2D eigenvalue weighted by Gasteiger charge is -2.25. The Hall–Kier alpha value is -1.00. The minimum absolute atomic E-state index is 0.000712. The number of nitrogens with two attached hydrogens (primary N) is 1. The van der Waals surface area contributed by atoms with Crippen molar-refractivity contribution in [2.75, 3.05) is 6.54 Å². The third-order valence-electron chi connectivity index (χ3n) is 4.43. The first-order chi connectivity index (χ1) is 10.6. The maximum atomic E-state index is 12.7. The van der Waals surface area contributed by atoms with Gasteiger partial charge in [-0.1, -0.05) is 50.6 Å². The molecular weight excluding hydrogens is 292 g/mol. The van der Waals surface area contributed by atoms with Crippen LogP contribution in [0.5, 0.6) is 0 Å². The van der Waals surface area contributed by atoms with Crippen LogP contribution in [0.25, 0.3) is 0 Å². The van der Waals surface area contributed by atoms with Crippen LogP contribution in [0.2, 0.25) is 0 Å². The van der Waals surface area contributed by atoms with Crippen molar-refractivity contribution in [2.24, 2.45) is 17.6 Å². The van der Waals surface area contributed by atoms with Gasteiger partial charge in [-0.05, 0) is 36.8 Å². The van der Waals surface area contributed by atoms with Gasteiger partial charge < -0.3 is 11.1 Å². The molecule has 1 amide bonds. The average Bonchev–Trinajstić information content (AvgIpc) is 2.95. The van der Waals surface area contributed by atoms with Crippen molar-refractivity contribution in [1.82, 2.24) is 5.32 Å². The Kier molecular flexibility index (Phi) is 6.77. The number of thioether (sulfide) groups is 1. The lowest BCUT2D eigenvalue weighted by Crippen LogP contribution is -2.45. The van der Waals surface area contributed by atoms with Crippen LogP contribution in [0, 0.1) is 11.8 Å². The minimum Gasteiger partial charge on any atom is -0.352 e. The summed E-state index contributed by atoms with van der Waals surface area (Å²) in [4.78, 5) is 12.7. The molecular formula is C18H28N2OS. The largest absolute Gasteiger partial charge is 0.352 e. The molecule has 22 heavy (non-hydrogen) atoms. The van der Waals surface area contributed by atoms with Crippen molar-refractivity contribution in [3.05, 3.63) is 35.9 Å². The summed E-state index contributed by atoms with van der Waals surface area (Å²) in [6, 6.07) is 10.6. The second-order valence-electron chi connectivity index (χ2n) is 6.50. The van der Waals surface area contributed by atoms with Gasteiger partial charge in [-0.2, -0.15) is 0 Å². The van der Waals surface area contributed by atoms with Gasteiger partial charge in [0.05, 0.1) is 5.25 Å². The van der Waals surface area contributed by atoms with Crippen LogP contribution < -0.4 is 11.1 Å². The summed E-state index contributed by atoms with van der Waals surface area (Å²) in [5.74, 6) is 1.84. The maximum absolute atomic E-state index is 12.7. The fourth-order valence-electron chi connectivity index (χ4n) is 3.10. The number of hydrogen-bond donors (Lipinski definition) is 2. The normalized spacial score (nSPS) is 22.7. The van der Waals surface area contributed by atoms with Crippen LogP contribution in [0.15, 0.2) is 30.3 Å². The second-order valence-corrected chi connectivity index (χ2v) is 7.63. The summed E-state index contributed by atoms with van der Waals surface area (Å²) in [6.07, 6.45) is 3.39. The SMILES string of the molecule is CC(C)C(SCc1ccccc1)C(=O)NC1CCCC1CN. The smallest absolute Gasteiger partial charge is 0.233 e. The lowest BCUT2D eigenvalue weighted by atomic mass is 10.0. The quantitative estimate of drug-likeness (QED) is 0.811. The first-order valence-electron chi connectivity index (χ1n) is 8.27. The van der Waals surface area contributed by atoms with Gasteiger partial charge in [0.1, 0.15) is 0 Å². The maximum Gasteiger partial charge on any atom is 0.233 e. The van der Waals surface area contributed by atoms with Crippen molar-refractivity contribution in [3.63, 3.8) is 0 Å². The molecule has 1 aromatic rings. The van der Waals surface area contributed by atoms with Gasteiger partial charge in [-0.3, -0.25) is 4.79 Å². The molecule has 4 heteroatoms. The molecule has 0 saturated heterocycles. The fraction of sp³-hybridized carbons (Fsp3) is 0.611. The molecule has 1 aliphatic carbocycles. The zero-order chi connectivity index (χ0) is 15.9. The molecule has 0 aliphatic heterocycles. The van der Waals surface area contributed by atoms with E-state index >= 15 is 0 Å². The van der Waals surface area contributed by atoms with Crippen LogP contribution in [0.1, 0.15) is 38.7 Å². The molecule has 0 heterocycles. The van der Waals surface area contributed by atoms with Gasteiger partial charge in [-0.25, -0.2) is 0 Å². The summed E-state index contributed by atoms with van der Waals surface area (Å²) in [5.41, 5.74) is 7.08. The van der Waals surface area contributed by atoms with E-state index in [1.165, 1.54) is 12.0 Å². The van der Waals surface area contributed by atoms with E-state index in [4.69, 9.17) is 5.73 Å². The van der Waals surface area contributed by atoms with Crippen molar-refractivity contribution >= 4 is 17.7 Å². The van der Waals surface area contributed by atoms with E-state index in [1.807, 2.05) is 18.2 Å². The molecule has 0 aromatic heterocycles. The van der Waals surface area contributed by atoms with Gasteiger partial charge in [0.2, 0.25) is 5.91 Å². The molecule has 2 rings (SSSR count). The molecule has 3 N–H and O–H groups in total. The molecule has 3 unspecified atom stereocenters. The summed E-state index contributed by atoms with van der Waals surface area (Å²) >= 11 is 1.74. The van der Waals surface area contributed by atoms with E-state index < -0.39 is 0 Å². The van der Waals surface area contributed by atoms with Crippen LogP contribution >= 0.6 is 11.8 Å². The zero-order valence-electron chi connectivity index (χ0n) is 13.6. The molecule has 1 aliphatic rings. The highest BCUT2D eigenvalue weighted by Crippen LogP contribution is 2.27.